The number of hydrogen-bond donors (Lipinski definition) is 4. The molecule has 0 spiro atoms. The van der Waals surface area contributed by atoms with E-state index >= 15 is 0 Å². The summed E-state index contributed by atoms with van der Waals surface area (Å²) in [5.41, 5.74) is 0.794. The van der Waals surface area contributed by atoms with Gasteiger partial charge in [0.15, 0.2) is 0 Å². The highest BCUT2D eigenvalue weighted by molar-refractivity contribution is 7.92. The maximum absolute atomic E-state index is 13.1. The fourth-order valence-corrected chi connectivity index (χ4v) is 5.39. The number of carbonyl (C=O) groups excluding carboxylic acids is 1. The van der Waals surface area contributed by atoms with Crippen molar-refractivity contribution < 1.29 is 40.6 Å². The van der Waals surface area contributed by atoms with E-state index in [1.165, 1.54) is 18.5 Å². The maximum atomic E-state index is 13.1. The lowest BCUT2D eigenvalue weighted by molar-refractivity contribution is -0.274. The molecule has 0 bridgehead atoms. The first-order chi connectivity index (χ1) is 18.0. The summed E-state index contributed by atoms with van der Waals surface area (Å²) in [7, 11) is -4.21. The zero-order valence-corrected chi connectivity index (χ0v) is 20.3. The number of ether oxygens (including phenoxy) is 1. The van der Waals surface area contributed by atoms with E-state index in [0.717, 1.165) is 30.7 Å². The number of rotatable bonds is 7. The molecule has 1 fully saturated rings. The molecule has 1 aliphatic carbocycles. The summed E-state index contributed by atoms with van der Waals surface area (Å²) < 4.78 is 74.5. The van der Waals surface area contributed by atoms with Gasteiger partial charge < -0.3 is 24.6 Å². The van der Waals surface area contributed by atoms with E-state index in [1.54, 1.807) is 12.1 Å². The predicted octanol–water partition coefficient (Wildman–Crippen LogP) is 4.17. The second-order valence-corrected chi connectivity index (χ2v) is 10.4. The molecule has 38 heavy (non-hydrogen) atoms. The minimum Gasteiger partial charge on any atom is -0.464 e. The summed E-state index contributed by atoms with van der Waals surface area (Å²) >= 11 is 0. The number of pyridine rings is 1. The number of fused-ring (bicyclic) bond motifs is 1. The van der Waals surface area contributed by atoms with E-state index in [9.17, 15) is 31.5 Å². The molecule has 10 nitrogen and oxygen atoms in total. The van der Waals surface area contributed by atoms with Gasteiger partial charge in [0.25, 0.3) is 15.9 Å². The third-order valence-corrected chi connectivity index (χ3v) is 7.46. The summed E-state index contributed by atoms with van der Waals surface area (Å²) in [6, 6.07) is 8.03. The summed E-state index contributed by atoms with van der Waals surface area (Å²) in [5, 5.41) is 13.3. The molecule has 5 rings (SSSR count). The lowest BCUT2D eigenvalue weighted by Gasteiger charge is -2.16. The molecule has 2 atom stereocenters. The van der Waals surface area contributed by atoms with E-state index < -0.39 is 40.2 Å². The summed E-state index contributed by atoms with van der Waals surface area (Å²) in [5.74, 6) is -0.718. The second-order valence-electron chi connectivity index (χ2n) is 8.68. The Hall–Kier alpha value is -4.04. The Bertz CT molecular complexity index is 1570. The number of benzene rings is 1. The highest BCUT2D eigenvalue weighted by atomic mass is 32.2. The number of nitrogens with zero attached hydrogens (tertiary/aromatic N) is 1. The predicted molar refractivity (Wildman–Crippen MR) is 129 cm³/mol. The zero-order valence-electron chi connectivity index (χ0n) is 19.4. The van der Waals surface area contributed by atoms with Crippen LogP contribution in [0.1, 0.15) is 29.8 Å². The van der Waals surface area contributed by atoms with Crippen LogP contribution in [-0.2, 0) is 10.0 Å². The fraction of sp³-hybridized carbons (Fsp3) is 0.250. The smallest absolute Gasteiger partial charge is 0.464 e. The van der Waals surface area contributed by atoms with Gasteiger partial charge >= 0.3 is 6.36 Å². The molecule has 1 aliphatic rings. The molecule has 2 unspecified atom stereocenters. The number of H-pyrrole nitrogens is 1. The quantitative estimate of drug-likeness (QED) is 0.270. The van der Waals surface area contributed by atoms with E-state index in [2.05, 4.69) is 24.7 Å². The number of alkyl halides is 3. The minimum absolute atomic E-state index is 0.0399. The van der Waals surface area contributed by atoms with Crippen LogP contribution in [0, 0.1) is 0 Å². The number of amides is 1. The molecule has 0 radical (unpaired) electrons. The Kier molecular flexibility index (Phi) is 6.53. The first-order valence-corrected chi connectivity index (χ1v) is 12.9. The number of halogens is 3. The normalized spacial score (nSPS) is 18.0. The number of anilines is 1. The molecule has 3 aromatic heterocycles. The fourth-order valence-electron chi connectivity index (χ4n) is 4.36. The molecule has 0 aliphatic heterocycles. The monoisotopic (exact) mass is 550 g/mol. The molecule has 0 saturated heterocycles. The van der Waals surface area contributed by atoms with Crippen LogP contribution in [0.5, 0.6) is 5.75 Å². The number of aliphatic hydroxyl groups excluding tert-OH is 1. The summed E-state index contributed by atoms with van der Waals surface area (Å²) in [6.07, 6.45) is -0.901. The van der Waals surface area contributed by atoms with Gasteiger partial charge in [-0.05, 0) is 61.7 Å². The highest BCUT2D eigenvalue weighted by Crippen LogP contribution is 2.34. The van der Waals surface area contributed by atoms with E-state index in [4.69, 9.17) is 4.42 Å². The molecular weight excluding hydrogens is 529 g/mol. The number of aromatic amines is 1. The van der Waals surface area contributed by atoms with Crippen LogP contribution >= 0.6 is 0 Å². The first kappa shape index (κ1) is 25.6. The lowest BCUT2D eigenvalue weighted by Crippen LogP contribution is -2.40. The average Bonchev–Trinajstić information content (AvgIpc) is 3.58. The Morgan fingerprint density at radius 3 is 2.58 bits per heavy atom. The van der Waals surface area contributed by atoms with Gasteiger partial charge in [0.05, 0.1) is 40.8 Å². The van der Waals surface area contributed by atoms with Crippen LogP contribution < -0.4 is 14.8 Å². The van der Waals surface area contributed by atoms with E-state index in [0.29, 0.717) is 29.6 Å². The summed E-state index contributed by atoms with van der Waals surface area (Å²) in [4.78, 5) is 20.0. The van der Waals surface area contributed by atoms with Gasteiger partial charge in [0, 0.05) is 5.39 Å². The molecule has 4 N–H and O–H groups in total. The molecule has 4 aromatic rings. The molecule has 1 saturated carbocycles. The van der Waals surface area contributed by atoms with Crippen molar-refractivity contribution in [2.24, 2.45) is 0 Å². The van der Waals surface area contributed by atoms with Crippen molar-refractivity contribution in [3.05, 3.63) is 60.6 Å². The zero-order chi connectivity index (χ0) is 27.1. The van der Waals surface area contributed by atoms with Crippen LogP contribution in [0.4, 0.5) is 18.9 Å². The standard InChI is InChI=1S/C24H21F3N4O6S/c25-24(26,27)37-14-6-8-15(9-7-14)38(34,35)31-13-11-16-20(19-5-2-10-36-19)21(30-22(16)28-12-13)23(33)29-17-3-1-4-18(17)32/h2,5-12,17-18,31-32H,1,3-4H2,(H,28,30)(H,29,33). The first-order valence-electron chi connectivity index (χ1n) is 11.4. The Morgan fingerprint density at radius 1 is 1.18 bits per heavy atom. The van der Waals surface area contributed by atoms with Crippen molar-refractivity contribution in [3.63, 3.8) is 0 Å². The van der Waals surface area contributed by atoms with Gasteiger partial charge in [0.2, 0.25) is 0 Å². The molecule has 3 heterocycles. The maximum Gasteiger partial charge on any atom is 0.573 e. The van der Waals surface area contributed by atoms with Crippen LogP contribution in [0.25, 0.3) is 22.4 Å². The molecule has 200 valence electrons. The Morgan fingerprint density at radius 2 is 1.95 bits per heavy atom. The highest BCUT2D eigenvalue weighted by Gasteiger charge is 2.32. The number of hydrogen-bond acceptors (Lipinski definition) is 7. The van der Waals surface area contributed by atoms with E-state index in [-0.39, 0.29) is 21.9 Å². The van der Waals surface area contributed by atoms with Crippen LogP contribution in [-0.4, -0.2) is 47.9 Å². The van der Waals surface area contributed by atoms with Crippen molar-refractivity contribution in [3.8, 4) is 17.1 Å². The van der Waals surface area contributed by atoms with Crippen molar-refractivity contribution in [1.82, 2.24) is 15.3 Å². The van der Waals surface area contributed by atoms with Gasteiger partial charge in [0.1, 0.15) is 22.9 Å². The van der Waals surface area contributed by atoms with E-state index in [1.807, 2.05) is 0 Å². The van der Waals surface area contributed by atoms with Crippen molar-refractivity contribution in [2.75, 3.05) is 4.72 Å². The average molecular weight is 551 g/mol. The second kappa shape index (κ2) is 9.68. The number of aromatic nitrogens is 2. The number of nitrogens with one attached hydrogen (secondary N) is 3. The number of carbonyl (C=O) groups is 1. The third kappa shape index (κ3) is 5.31. The molecular formula is C24H21F3N4O6S. The van der Waals surface area contributed by atoms with Crippen LogP contribution in [0.3, 0.4) is 0 Å². The SMILES string of the molecule is O=C(NC1CCCC1O)c1[nH]c2ncc(NS(=O)(=O)c3ccc(OC(F)(F)F)cc3)cc2c1-c1ccco1. The summed E-state index contributed by atoms with van der Waals surface area (Å²) in [6.45, 7) is 0. The van der Waals surface area contributed by atoms with Gasteiger partial charge in [-0.25, -0.2) is 13.4 Å². The van der Waals surface area contributed by atoms with Crippen molar-refractivity contribution in [2.45, 2.75) is 42.7 Å². The molecule has 1 aromatic carbocycles. The number of furan rings is 1. The van der Waals surface area contributed by atoms with Gasteiger partial charge in [-0.3, -0.25) is 9.52 Å². The lowest BCUT2D eigenvalue weighted by atomic mass is 10.1. The Labute approximate surface area is 213 Å². The number of sulfonamides is 1. The Balaban J connectivity index is 1.46. The largest absolute Gasteiger partial charge is 0.573 e. The van der Waals surface area contributed by atoms with Crippen molar-refractivity contribution in [1.29, 1.82) is 0 Å². The van der Waals surface area contributed by atoms with Crippen molar-refractivity contribution >= 4 is 32.7 Å². The third-order valence-electron chi connectivity index (χ3n) is 6.06. The van der Waals surface area contributed by atoms with Gasteiger partial charge in [-0.15, -0.1) is 13.2 Å². The topological polar surface area (TPSA) is 147 Å². The van der Waals surface area contributed by atoms with Gasteiger partial charge in [-0.2, -0.15) is 0 Å². The van der Waals surface area contributed by atoms with Crippen LogP contribution in [0.2, 0.25) is 0 Å². The number of aliphatic hydroxyl groups is 1. The van der Waals surface area contributed by atoms with Crippen LogP contribution in [0.15, 0.2) is 64.2 Å². The minimum atomic E-state index is -4.91. The molecule has 14 heteroatoms. The van der Waals surface area contributed by atoms with Gasteiger partial charge in [-0.1, -0.05) is 0 Å². The molecule has 1 amide bonds.